The number of esters is 1. The Morgan fingerprint density at radius 1 is 1.55 bits per heavy atom. The van der Waals surface area contributed by atoms with E-state index in [0.29, 0.717) is 12.0 Å². The third-order valence-electron chi connectivity index (χ3n) is 2.21. The lowest BCUT2D eigenvalue weighted by Crippen LogP contribution is -2.37. The minimum Gasteiger partial charge on any atom is -0.468 e. The van der Waals surface area contributed by atoms with Crippen LogP contribution in [0.2, 0.25) is 0 Å². The van der Waals surface area contributed by atoms with E-state index in [1.807, 2.05) is 0 Å². The fourth-order valence-corrected chi connectivity index (χ4v) is 1.66. The standard InChI is InChI=1S/C8H15NO2/c1-5-4-6(2)9-7(5)8(10)11-3/h5-7,9H,4H2,1-3H3/t5-,6-,7-/m0/s1. The second-order valence-corrected chi connectivity index (χ2v) is 3.28. The highest BCUT2D eigenvalue weighted by Gasteiger charge is 2.33. The molecular formula is C8H15NO2. The van der Waals surface area contributed by atoms with Crippen LogP contribution in [0.1, 0.15) is 20.3 Å². The second kappa shape index (κ2) is 3.22. The molecule has 1 aliphatic rings. The van der Waals surface area contributed by atoms with Crippen molar-refractivity contribution >= 4 is 5.97 Å². The molecule has 11 heavy (non-hydrogen) atoms. The van der Waals surface area contributed by atoms with Crippen LogP contribution in [0.4, 0.5) is 0 Å². The molecule has 0 aromatic heterocycles. The maximum absolute atomic E-state index is 11.1. The van der Waals surface area contributed by atoms with E-state index in [-0.39, 0.29) is 12.0 Å². The lowest BCUT2D eigenvalue weighted by Gasteiger charge is -2.11. The van der Waals surface area contributed by atoms with E-state index in [9.17, 15) is 4.79 Å². The molecule has 1 saturated heterocycles. The van der Waals surface area contributed by atoms with Crippen LogP contribution in [-0.4, -0.2) is 25.2 Å². The predicted molar refractivity (Wildman–Crippen MR) is 42.2 cm³/mol. The van der Waals surface area contributed by atoms with Crippen molar-refractivity contribution < 1.29 is 9.53 Å². The van der Waals surface area contributed by atoms with Crippen LogP contribution in [0.5, 0.6) is 0 Å². The predicted octanol–water partition coefficient (Wildman–Crippen LogP) is 0.546. The summed E-state index contributed by atoms with van der Waals surface area (Å²) >= 11 is 0. The van der Waals surface area contributed by atoms with Crippen molar-refractivity contribution in [2.24, 2.45) is 5.92 Å². The first-order valence-corrected chi connectivity index (χ1v) is 3.99. The molecule has 0 aliphatic carbocycles. The smallest absolute Gasteiger partial charge is 0.323 e. The Hall–Kier alpha value is -0.570. The van der Waals surface area contributed by atoms with Crippen LogP contribution < -0.4 is 5.32 Å². The Morgan fingerprint density at radius 3 is 2.55 bits per heavy atom. The molecule has 1 rings (SSSR count). The molecule has 0 unspecified atom stereocenters. The van der Waals surface area contributed by atoms with Gasteiger partial charge in [-0.3, -0.25) is 4.79 Å². The van der Waals surface area contributed by atoms with Crippen molar-refractivity contribution in [2.45, 2.75) is 32.4 Å². The van der Waals surface area contributed by atoms with Gasteiger partial charge in [-0.25, -0.2) is 0 Å². The van der Waals surface area contributed by atoms with Crippen molar-refractivity contribution in [2.75, 3.05) is 7.11 Å². The highest BCUT2D eigenvalue weighted by Crippen LogP contribution is 2.19. The summed E-state index contributed by atoms with van der Waals surface area (Å²) in [5, 5.41) is 3.18. The topological polar surface area (TPSA) is 38.3 Å². The molecule has 0 amide bonds. The Bertz CT molecular complexity index is 158. The average Bonchev–Trinajstić information content (AvgIpc) is 2.28. The van der Waals surface area contributed by atoms with E-state index in [4.69, 9.17) is 0 Å². The number of nitrogens with one attached hydrogen (secondary N) is 1. The summed E-state index contributed by atoms with van der Waals surface area (Å²) < 4.78 is 4.65. The molecule has 1 fully saturated rings. The van der Waals surface area contributed by atoms with E-state index >= 15 is 0 Å². The molecule has 1 heterocycles. The summed E-state index contributed by atoms with van der Waals surface area (Å²) in [4.78, 5) is 11.1. The van der Waals surface area contributed by atoms with Gasteiger partial charge in [-0.05, 0) is 19.3 Å². The number of methoxy groups -OCH3 is 1. The van der Waals surface area contributed by atoms with Gasteiger partial charge in [0.15, 0.2) is 0 Å². The summed E-state index contributed by atoms with van der Waals surface area (Å²) in [6.45, 7) is 4.15. The minimum absolute atomic E-state index is 0.0880. The van der Waals surface area contributed by atoms with Gasteiger partial charge in [0, 0.05) is 6.04 Å². The summed E-state index contributed by atoms with van der Waals surface area (Å²) in [7, 11) is 1.43. The summed E-state index contributed by atoms with van der Waals surface area (Å²) in [5.41, 5.74) is 0. The fraction of sp³-hybridized carbons (Fsp3) is 0.875. The maximum atomic E-state index is 11.1. The Morgan fingerprint density at radius 2 is 2.18 bits per heavy atom. The van der Waals surface area contributed by atoms with Gasteiger partial charge in [-0.2, -0.15) is 0 Å². The van der Waals surface area contributed by atoms with Gasteiger partial charge >= 0.3 is 5.97 Å². The number of carbonyl (C=O) groups is 1. The maximum Gasteiger partial charge on any atom is 0.323 e. The molecule has 64 valence electrons. The van der Waals surface area contributed by atoms with E-state index in [1.54, 1.807) is 0 Å². The normalized spacial score (nSPS) is 37.2. The average molecular weight is 157 g/mol. The monoisotopic (exact) mass is 157 g/mol. The zero-order chi connectivity index (χ0) is 8.43. The van der Waals surface area contributed by atoms with Gasteiger partial charge in [0.25, 0.3) is 0 Å². The second-order valence-electron chi connectivity index (χ2n) is 3.28. The van der Waals surface area contributed by atoms with Gasteiger partial charge < -0.3 is 10.1 Å². The van der Waals surface area contributed by atoms with Crippen LogP contribution in [-0.2, 0) is 9.53 Å². The Kier molecular flexibility index (Phi) is 2.49. The minimum atomic E-state index is -0.137. The summed E-state index contributed by atoms with van der Waals surface area (Å²) in [5.74, 6) is 0.263. The van der Waals surface area contributed by atoms with Crippen LogP contribution in [0.25, 0.3) is 0 Å². The number of ether oxygens (including phenoxy) is 1. The van der Waals surface area contributed by atoms with Gasteiger partial charge in [0.1, 0.15) is 6.04 Å². The Balaban J connectivity index is 2.52. The van der Waals surface area contributed by atoms with Crippen molar-refractivity contribution in [1.29, 1.82) is 0 Å². The van der Waals surface area contributed by atoms with Gasteiger partial charge in [0.2, 0.25) is 0 Å². The number of carbonyl (C=O) groups excluding carboxylic acids is 1. The van der Waals surface area contributed by atoms with Crippen LogP contribution in [0.15, 0.2) is 0 Å². The first-order chi connectivity index (χ1) is 5.15. The molecule has 0 bridgehead atoms. The lowest BCUT2D eigenvalue weighted by atomic mass is 10.0. The van der Waals surface area contributed by atoms with Crippen LogP contribution in [0, 0.1) is 5.92 Å². The largest absolute Gasteiger partial charge is 0.468 e. The summed E-state index contributed by atoms with van der Waals surface area (Å²) in [6, 6.07) is 0.351. The van der Waals surface area contributed by atoms with E-state index in [2.05, 4.69) is 23.9 Å². The van der Waals surface area contributed by atoms with E-state index in [1.165, 1.54) is 7.11 Å². The molecule has 3 heteroatoms. The fourth-order valence-electron chi connectivity index (χ4n) is 1.66. The molecule has 3 nitrogen and oxygen atoms in total. The first-order valence-electron chi connectivity index (χ1n) is 3.99. The van der Waals surface area contributed by atoms with E-state index in [0.717, 1.165) is 6.42 Å². The highest BCUT2D eigenvalue weighted by molar-refractivity contribution is 5.76. The lowest BCUT2D eigenvalue weighted by molar-refractivity contribution is -0.143. The van der Waals surface area contributed by atoms with E-state index < -0.39 is 0 Å². The molecule has 0 aromatic carbocycles. The molecule has 1 N–H and O–H groups in total. The van der Waals surface area contributed by atoms with Crippen molar-refractivity contribution in [3.8, 4) is 0 Å². The third-order valence-corrected chi connectivity index (χ3v) is 2.21. The third kappa shape index (κ3) is 1.71. The van der Waals surface area contributed by atoms with Gasteiger partial charge in [0.05, 0.1) is 7.11 Å². The van der Waals surface area contributed by atoms with Gasteiger partial charge in [-0.15, -0.1) is 0 Å². The molecule has 0 aromatic rings. The Labute approximate surface area is 67.1 Å². The van der Waals surface area contributed by atoms with Gasteiger partial charge in [-0.1, -0.05) is 6.92 Å². The molecule has 3 atom stereocenters. The zero-order valence-electron chi connectivity index (χ0n) is 7.26. The number of hydrogen-bond acceptors (Lipinski definition) is 3. The zero-order valence-corrected chi connectivity index (χ0v) is 7.26. The molecule has 0 saturated carbocycles. The first kappa shape index (κ1) is 8.53. The van der Waals surface area contributed by atoms with Crippen LogP contribution in [0.3, 0.4) is 0 Å². The molecular weight excluding hydrogens is 142 g/mol. The highest BCUT2D eigenvalue weighted by atomic mass is 16.5. The molecule has 0 spiro atoms. The SMILES string of the molecule is COC(=O)[C@H]1N[C@@H](C)C[C@@H]1C. The quantitative estimate of drug-likeness (QED) is 0.565. The number of rotatable bonds is 1. The van der Waals surface area contributed by atoms with Crippen molar-refractivity contribution in [3.05, 3.63) is 0 Å². The van der Waals surface area contributed by atoms with Crippen LogP contribution >= 0.6 is 0 Å². The summed E-state index contributed by atoms with van der Waals surface area (Å²) in [6.07, 6.45) is 1.06. The van der Waals surface area contributed by atoms with Crippen molar-refractivity contribution in [1.82, 2.24) is 5.32 Å². The van der Waals surface area contributed by atoms with Crippen molar-refractivity contribution in [3.63, 3.8) is 0 Å². The molecule has 0 radical (unpaired) electrons. The molecule has 1 aliphatic heterocycles. The number of hydrogen-bond donors (Lipinski definition) is 1.